The molecule has 10 atom stereocenters. The van der Waals surface area contributed by atoms with Gasteiger partial charge in [-0.2, -0.15) is 4.98 Å². The first kappa shape index (κ1) is 32.1. The summed E-state index contributed by atoms with van der Waals surface area (Å²) in [7, 11) is -7.42. The fourth-order valence-electron chi connectivity index (χ4n) is 5.80. The number of nitrogen functional groups attached to an aromatic ring is 2. The number of aromatic nitrogens is 8. The SMILES string of the molecule is COC1C2COP(=O)(O)OC3C(COP(=O)(O)OC1C(n1cnc4c(=O)[nH]c(N)nc41)O2)OC(n1cnc2c(N)ncnc21)C3OC. The number of nitrogens with one attached hydrogen (secondary N) is 1. The van der Waals surface area contributed by atoms with Gasteiger partial charge in [0.25, 0.3) is 5.56 Å². The van der Waals surface area contributed by atoms with Gasteiger partial charge in [-0.05, 0) is 0 Å². The first-order valence-electron chi connectivity index (χ1n) is 13.7. The summed E-state index contributed by atoms with van der Waals surface area (Å²) in [6.45, 7) is -1.34. The predicted molar refractivity (Wildman–Crippen MR) is 153 cm³/mol. The third-order valence-electron chi connectivity index (χ3n) is 7.82. The molecule has 254 valence electrons. The highest BCUT2D eigenvalue weighted by molar-refractivity contribution is 7.47. The Kier molecular flexibility index (Phi) is 8.14. The van der Waals surface area contributed by atoms with Crippen molar-refractivity contribution in [2.24, 2.45) is 0 Å². The van der Waals surface area contributed by atoms with Crippen LogP contribution in [0, 0.1) is 0 Å². The molecule has 7 N–H and O–H groups in total. The lowest BCUT2D eigenvalue weighted by Crippen LogP contribution is -2.37. The molecule has 4 aromatic heterocycles. The standard InChI is InChI=1S/C22H28N10O13P2/c1-38-12-8-3-40-46(34,35)44-13-9(43-20(14(13)39-2)31-6-27-10-16(23)25-5-26-17(10)31)4-41-47(36,37)45-15(12)21(42-8)32-7-28-11-18(32)29-22(24)30-19(11)33/h5-9,12-15,20-21H,3-4H2,1-2H3,(H,34,35)(H,36,37)(H2,23,25,26)(H3,24,29,30,33). The second-order valence-electron chi connectivity index (χ2n) is 10.6. The maximum atomic E-state index is 13.5. The number of hydrogen-bond donors (Lipinski definition) is 5. The van der Waals surface area contributed by atoms with Crippen LogP contribution >= 0.6 is 15.6 Å². The zero-order valence-electron chi connectivity index (χ0n) is 24.3. The minimum Gasteiger partial charge on any atom is -0.382 e. The van der Waals surface area contributed by atoms with Gasteiger partial charge in [0.2, 0.25) is 5.95 Å². The number of ether oxygens (including phenoxy) is 4. The van der Waals surface area contributed by atoms with E-state index in [0.717, 1.165) is 0 Å². The predicted octanol–water partition coefficient (Wildman–Crippen LogP) is -1.03. The van der Waals surface area contributed by atoms with Crippen molar-refractivity contribution in [1.29, 1.82) is 0 Å². The summed E-state index contributed by atoms with van der Waals surface area (Å²) in [5.41, 5.74) is 11.3. The van der Waals surface area contributed by atoms with Crippen molar-refractivity contribution in [3.05, 3.63) is 29.3 Å². The zero-order valence-corrected chi connectivity index (χ0v) is 26.1. The number of aromatic amines is 1. The largest absolute Gasteiger partial charge is 0.472 e. The van der Waals surface area contributed by atoms with E-state index in [9.17, 15) is 23.7 Å². The molecule has 0 spiro atoms. The summed E-state index contributed by atoms with van der Waals surface area (Å²) in [4.78, 5) is 56.9. The number of H-pyrrole nitrogens is 1. The first-order valence-corrected chi connectivity index (χ1v) is 16.7. The van der Waals surface area contributed by atoms with Crippen LogP contribution in [0.1, 0.15) is 12.5 Å². The van der Waals surface area contributed by atoms with E-state index in [2.05, 4.69) is 29.9 Å². The lowest BCUT2D eigenvalue weighted by Gasteiger charge is -2.26. The van der Waals surface area contributed by atoms with Crippen LogP contribution in [-0.2, 0) is 46.2 Å². The quantitative estimate of drug-likeness (QED) is 0.159. The van der Waals surface area contributed by atoms with Crippen LogP contribution in [0.25, 0.3) is 22.3 Å². The second kappa shape index (κ2) is 11.9. The van der Waals surface area contributed by atoms with Crippen molar-refractivity contribution in [2.45, 2.75) is 49.1 Å². The molecule has 47 heavy (non-hydrogen) atoms. The number of fused-ring (bicyclic) bond motifs is 5. The van der Waals surface area contributed by atoms with E-state index in [4.69, 9.17) is 48.5 Å². The van der Waals surface area contributed by atoms with Crippen LogP contribution in [0.2, 0.25) is 0 Å². The van der Waals surface area contributed by atoms with Crippen molar-refractivity contribution in [2.75, 3.05) is 38.9 Å². The number of anilines is 2. The Balaban J connectivity index is 1.23. The molecule has 3 fully saturated rings. The third kappa shape index (κ3) is 5.73. The van der Waals surface area contributed by atoms with Crippen molar-refractivity contribution in [1.82, 2.24) is 39.0 Å². The number of rotatable bonds is 4. The number of phosphoric acid groups is 2. The molecular formula is C22H28N10O13P2. The van der Waals surface area contributed by atoms with Gasteiger partial charge in [0, 0.05) is 14.2 Å². The topological polar surface area (TPSA) is 308 Å². The Morgan fingerprint density at radius 2 is 1.47 bits per heavy atom. The minimum absolute atomic E-state index is 0.0508. The Morgan fingerprint density at radius 1 is 0.851 bits per heavy atom. The van der Waals surface area contributed by atoms with Gasteiger partial charge >= 0.3 is 15.6 Å². The molecule has 4 aromatic rings. The molecule has 3 aliphatic rings. The maximum Gasteiger partial charge on any atom is 0.472 e. The zero-order chi connectivity index (χ0) is 33.2. The van der Waals surface area contributed by atoms with Crippen LogP contribution in [0.4, 0.5) is 11.8 Å². The lowest BCUT2D eigenvalue weighted by molar-refractivity contribution is -0.0676. The summed E-state index contributed by atoms with van der Waals surface area (Å²) in [5.74, 6) is -0.147. The van der Waals surface area contributed by atoms with E-state index in [0.29, 0.717) is 0 Å². The van der Waals surface area contributed by atoms with Gasteiger partial charge in [0.05, 0.1) is 25.9 Å². The first-order chi connectivity index (χ1) is 22.4. The summed E-state index contributed by atoms with van der Waals surface area (Å²) < 4.78 is 74.6. The van der Waals surface area contributed by atoms with Crippen LogP contribution in [0.5, 0.6) is 0 Å². The van der Waals surface area contributed by atoms with Crippen LogP contribution in [0.15, 0.2) is 23.8 Å². The number of nitrogens with two attached hydrogens (primary N) is 2. The second-order valence-corrected chi connectivity index (χ2v) is 13.4. The molecule has 3 saturated heterocycles. The molecule has 23 nitrogen and oxygen atoms in total. The molecular weight excluding hydrogens is 674 g/mol. The highest BCUT2D eigenvalue weighted by Gasteiger charge is 2.55. The molecule has 7 heterocycles. The smallest absolute Gasteiger partial charge is 0.382 e. The van der Waals surface area contributed by atoms with Crippen molar-refractivity contribution >= 4 is 49.7 Å². The number of imidazole rings is 2. The molecule has 2 bridgehead atoms. The molecule has 0 amide bonds. The molecule has 10 unspecified atom stereocenters. The van der Waals surface area contributed by atoms with E-state index in [1.54, 1.807) is 0 Å². The van der Waals surface area contributed by atoms with E-state index in [1.807, 2.05) is 0 Å². The number of phosphoric ester groups is 2. The normalized spacial score (nSPS) is 36.6. The average Bonchev–Trinajstić information content (AvgIpc) is 3.78. The monoisotopic (exact) mass is 702 g/mol. The maximum absolute atomic E-state index is 13.5. The molecule has 7 rings (SSSR count). The van der Waals surface area contributed by atoms with Crippen LogP contribution in [-0.4, -0.2) is 113 Å². The van der Waals surface area contributed by atoms with Gasteiger partial charge in [-0.15, -0.1) is 0 Å². The van der Waals surface area contributed by atoms with Crippen molar-refractivity contribution < 1.29 is 56.0 Å². The van der Waals surface area contributed by atoms with E-state index < -0.39 is 83.5 Å². The fourth-order valence-corrected chi connectivity index (χ4v) is 7.68. The van der Waals surface area contributed by atoms with Gasteiger partial charge in [-0.1, -0.05) is 0 Å². The summed E-state index contributed by atoms with van der Waals surface area (Å²) in [6, 6.07) is 0. The molecule has 25 heteroatoms. The Hall–Kier alpha value is -3.44. The van der Waals surface area contributed by atoms with E-state index >= 15 is 0 Å². The van der Waals surface area contributed by atoms with Gasteiger partial charge in [-0.3, -0.25) is 37.0 Å². The molecule has 0 radical (unpaired) electrons. The van der Waals surface area contributed by atoms with Crippen LogP contribution < -0.4 is 17.0 Å². The highest BCUT2D eigenvalue weighted by Crippen LogP contribution is 2.54. The van der Waals surface area contributed by atoms with E-state index in [-0.39, 0.29) is 34.1 Å². The van der Waals surface area contributed by atoms with E-state index in [1.165, 1.54) is 42.3 Å². The average molecular weight is 702 g/mol. The molecule has 0 aliphatic carbocycles. The summed E-state index contributed by atoms with van der Waals surface area (Å²) in [5, 5.41) is 0. The van der Waals surface area contributed by atoms with Crippen molar-refractivity contribution in [3.63, 3.8) is 0 Å². The molecule has 0 aromatic carbocycles. The lowest BCUT2D eigenvalue weighted by atomic mass is 10.1. The number of methoxy groups -OCH3 is 2. The van der Waals surface area contributed by atoms with Gasteiger partial charge in [0.15, 0.2) is 35.1 Å². The Morgan fingerprint density at radius 3 is 2.17 bits per heavy atom. The van der Waals surface area contributed by atoms with Gasteiger partial charge < -0.3 is 40.2 Å². The van der Waals surface area contributed by atoms with Crippen LogP contribution in [0.3, 0.4) is 0 Å². The third-order valence-corrected chi connectivity index (χ3v) is 9.79. The van der Waals surface area contributed by atoms with Gasteiger partial charge in [0.1, 0.15) is 48.5 Å². The fraction of sp³-hybridized carbons (Fsp3) is 0.545. The minimum atomic E-state index is -5.01. The Labute approximate surface area is 262 Å². The van der Waals surface area contributed by atoms with Crippen molar-refractivity contribution in [3.8, 4) is 0 Å². The number of hydrogen-bond acceptors (Lipinski definition) is 18. The number of nitrogens with zero attached hydrogens (tertiary/aromatic N) is 7. The summed E-state index contributed by atoms with van der Waals surface area (Å²) >= 11 is 0. The highest BCUT2D eigenvalue weighted by atomic mass is 31.2. The Bertz CT molecular complexity index is 1970. The molecule has 0 saturated carbocycles. The summed E-state index contributed by atoms with van der Waals surface area (Å²) in [6.07, 6.45) is -6.43. The molecule has 3 aliphatic heterocycles. The van der Waals surface area contributed by atoms with Gasteiger partial charge in [-0.25, -0.2) is 29.1 Å².